The second-order valence-electron chi connectivity index (χ2n) is 3.33. The number of hydrogen-bond donors (Lipinski definition) is 2. The van der Waals surface area contributed by atoms with Gasteiger partial charge in [0.25, 0.3) is 0 Å². The van der Waals surface area contributed by atoms with Crippen molar-refractivity contribution in [3.63, 3.8) is 0 Å². The van der Waals surface area contributed by atoms with Crippen LogP contribution < -0.4 is 10.5 Å². The minimum atomic E-state index is -1.07. The Morgan fingerprint density at radius 3 is 2.31 bits per heavy atom. The lowest BCUT2D eigenvalue weighted by Gasteiger charge is -2.11. The summed E-state index contributed by atoms with van der Waals surface area (Å²) in [6.07, 6.45) is -0.207. The molecule has 0 unspecified atom stereocenters. The molecule has 5 nitrogen and oxygen atoms in total. The number of carboxylic acids is 1. The first-order chi connectivity index (χ1) is 7.54. The second kappa shape index (κ2) is 5.16. The van der Waals surface area contributed by atoms with Gasteiger partial charge >= 0.3 is 5.97 Å². The zero-order valence-electron chi connectivity index (χ0n) is 8.84. The normalized spacial score (nSPS) is 11.8. The van der Waals surface area contributed by atoms with Crippen molar-refractivity contribution in [3.8, 4) is 5.75 Å². The first kappa shape index (κ1) is 12.0. The van der Waals surface area contributed by atoms with Crippen molar-refractivity contribution in [2.45, 2.75) is 12.3 Å². The number of rotatable bonds is 5. The largest absolute Gasteiger partial charge is 0.497 e. The maximum absolute atomic E-state index is 11.0. The molecule has 0 bridgehead atoms. The summed E-state index contributed by atoms with van der Waals surface area (Å²) in [5.74, 6) is -1.97. The Bertz CT molecular complexity index is 385. The molecule has 86 valence electrons. The summed E-state index contributed by atoms with van der Waals surface area (Å²) in [5, 5.41) is 8.96. The number of methoxy groups -OCH3 is 1. The van der Waals surface area contributed by atoms with Crippen LogP contribution in [0.25, 0.3) is 0 Å². The van der Waals surface area contributed by atoms with Crippen LogP contribution in [0.5, 0.6) is 5.75 Å². The molecule has 3 N–H and O–H groups in total. The maximum atomic E-state index is 11.0. The highest BCUT2D eigenvalue weighted by Gasteiger charge is 2.21. The molecule has 0 aliphatic heterocycles. The fourth-order valence-corrected chi connectivity index (χ4v) is 1.39. The molecule has 1 aromatic rings. The highest BCUT2D eigenvalue weighted by molar-refractivity contribution is 5.84. The van der Waals surface area contributed by atoms with E-state index in [1.165, 1.54) is 7.11 Å². The molecule has 0 saturated carbocycles. The summed E-state index contributed by atoms with van der Waals surface area (Å²) >= 11 is 0. The molecule has 0 aliphatic carbocycles. The number of hydrogen-bond acceptors (Lipinski definition) is 3. The summed E-state index contributed by atoms with van der Waals surface area (Å²) in [6.45, 7) is 0. The van der Waals surface area contributed by atoms with E-state index in [-0.39, 0.29) is 6.42 Å². The van der Waals surface area contributed by atoms with Crippen LogP contribution in [-0.4, -0.2) is 24.1 Å². The second-order valence-corrected chi connectivity index (χ2v) is 3.33. The molecule has 0 aromatic heterocycles. The van der Waals surface area contributed by atoms with E-state index >= 15 is 0 Å². The standard InChI is InChI=1S/C11H13NO4/c1-16-8-4-2-7(3-5-8)9(11(14)15)6-10(12)13/h2-5,9H,6H2,1H3,(H2,12,13)(H,14,15)/t9-/m1/s1. The predicted octanol–water partition coefficient (Wildman–Crippen LogP) is 0.739. The number of carbonyl (C=O) groups excluding carboxylic acids is 1. The van der Waals surface area contributed by atoms with Gasteiger partial charge < -0.3 is 15.6 Å². The van der Waals surface area contributed by atoms with Crippen LogP contribution in [-0.2, 0) is 9.59 Å². The zero-order chi connectivity index (χ0) is 12.1. The van der Waals surface area contributed by atoms with Gasteiger partial charge in [-0.3, -0.25) is 9.59 Å². The SMILES string of the molecule is COc1ccc([C@@H](CC(N)=O)C(=O)O)cc1. The number of aliphatic carboxylic acids is 1. The molecule has 0 fully saturated rings. The van der Waals surface area contributed by atoms with Crippen molar-refractivity contribution in [2.24, 2.45) is 5.73 Å². The van der Waals surface area contributed by atoms with Crippen LogP contribution in [0, 0.1) is 0 Å². The van der Waals surface area contributed by atoms with E-state index in [1.54, 1.807) is 24.3 Å². The first-order valence-electron chi connectivity index (χ1n) is 4.69. The summed E-state index contributed by atoms with van der Waals surface area (Å²) in [6, 6.07) is 6.51. The van der Waals surface area contributed by atoms with E-state index in [0.29, 0.717) is 11.3 Å². The number of carboxylic acid groups (broad SMARTS) is 1. The van der Waals surface area contributed by atoms with Crippen LogP contribution >= 0.6 is 0 Å². The summed E-state index contributed by atoms with van der Waals surface area (Å²) in [4.78, 5) is 21.7. The van der Waals surface area contributed by atoms with Crippen molar-refractivity contribution in [2.75, 3.05) is 7.11 Å². The van der Waals surface area contributed by atoms with Gasteiger partial charge in [-0.25, -0.2) is 0 Å². The third kappa shape index (κ3) is 2.98. The van der Waals surface area contributed by atoms with Crippen LogP contribution in [0.3, 0.4) is 0 Å². The fourth-order valence-electron chi connectivity index (χ4n) is 1.39. The van der Waals surface area contributed by atoms with Gasteiger partial charge in [-0.2, -0.15) is 0 Å². The topological polar surface area (TPSA) is 89.6 Å². The Labute approximate surface area is 92.8 Å². The molecule has 0 aliphatic rings. The molecule has 0 spiro atoms. The van der Waals surface area contributed by atoms with Crippen LogP contribution in [0.15, 0.2) is 24.3 Å². The molecule has 16 heavy (non-hydrogen) atoms. The number of primary amides is 1. The molecule has 1 rings (SSSR count). The minimum Gasteiger partial charge on any atom is -0.497 e. The molecule has 5 heteroatoms. The van der Waals surface area contributed by atoms with Gasteiger partial charge in [0.2, 0.25) is 5.91 Å². The average molecular weight is 223 g/mol. The van der Waals surface area contributed by atoms with E-state index in [2.05, 4.69) is 0 Å². The lowest BCUT2D eigenvalue weighted by atomic mass is 9.95. The summed E-state index contributed by atoms with van der Waals surface area (Å²) in [5.41, 5.74) is 5.53. The number of amides is 1. The number of ether oxygens (including phenoxy) is 1. The van der Waals surface area contributed by atoms with Crippen LogP contribution in [0.4, 0.5) is 0 Å². The van der Waals surface area contributed by atoms with Gasteiger partial charge in [0.1, 0.15) is 5.75 Å². The molecule has 1 atom stereocenters. The third-order valence-corrected chi connectivity index (χ3v) is 2.22. The Hall–Kier alpha value is -2.04. The lowest BCUT2D eigenvalue weighted by Crippen LogP contribution is -2.20. The summed E-state index contributed by atoms with van der Waals surface area (Å²) < 4.78 is 4.95. The van der Waals surface area contributed by atoms with Gasteiger partial charge in [0.15, 0.2) is 0 Å². The van der Waals surface area contributed by atoms with E-state index in [1.807, 2.05) is 0 Å². The van der Waals surface area contributed by atoms with Gasteiger partial charge in [-0.05, 0) is 17.7 Å². The van der Waals surface area contributed by atoms with Gasteiger partial charge in [0.05, 0.1) is 13.0 Å². The van der Waals surface area contributed by atoms with Crippen molar-refractivity contribution >= 4 is 11.9 Å². The molecule has 1 amide bonds. The van der Waals surface area contributed by atoms with E-state index < -0.39 is 17.8 Å². The quantitative estimate of drug-likeness (QED) is 0.770. The number of nitrogens with two attached hydrogens (primary N) is 1. The first-order valence-corrected chi connectivity index (χ1v) is 4.69. The maximum Gasteiger partial charge on any atom is 0.311 e. The molecule has 0 saturated heterocycles. The molecular formula is C11H13NO4. The Kier molecular flexibility index (Phi) is 3.88. The fraction of sp³-hybridized carbons (Fsp3) is 0.273. The van der Waals surface area contributed by atoms with E-state index in [9.17, 15) is 9.59 Å². The number of carbonyl (C=O) groups is 2. The summed E-state index contributed by atoms with van der Waals surface area (Å²) in [7, 11) is 1.52. The highest BCUT2D eigenvalue weighted by atomic mass is 16.5. The molecule has 0 heterocycles. The van der Waals surface area contributed by atoms with Crippen molar-refractivity contribution in [3.05, 3.63) is 29.8 Å². The van der Waals surface area contributed by atoms with E-state index in [4.69, 9.17) is 15.6 Å². The number of benzene rings is 1. The Balaban J connectivity index is 2.92. The van der Waals surface area contributed by atoms with Crippen molar-refractivity contribution in [1.29, 1.82) is 0 Å². The third-order valence-electron chi connectivity index (χ3n) is 2.22. The Morgan fingerprint density at radius 1 is 1.38 bits per heavy atom. The van der Waals surface area contributed by atoms with Crippen molar-refractivity contribution < 1.29 is 19.4 Å². The molecule has 1 aromatic carbocycles. The minimum absolute atomic E-state index is 0.207. The van der Waals surface area contributed by atoms with Crippen LogP contribution in [0.1, 0.15) is 17.9 Å². The lowest BCUT2D eigenvalue weighted by molar-refractivity contribution is -0.140. The van der Waals surface area contributed by atoms with Crippen molar-refractivity contribution in [1.82, 2.24) is 0 Å². The predicted molar refractivity (Wildman–Crippen MR) is 57.2 cm³/mol. The van der Waals surface area contributed by atoms with E-state index in [0.717, 1.165) is 0 Å². The molecular weight excluding hydrogens is 210 g/mol. The molecule has 0 radical (unpaired) electrons. The van der Waals surface area contributed by atoms with Gasteiger partial charge in [-0.15, -0.1) is 0 Å². The monoisotopic (exact) mass is 223 g/mol. The van der Waals surface area contributed by atoms with Crippen LogP contribution in [0.2, 0.25) is 0 Å². The smallest absolute Gasteiger partial charge is 0.311 e. The Morgan fingerprint density at radius 2 is 1.94 bits per heavy atom. The zero-order valence-corrected chi connectivity index (χ0v) is 8.84. The average Bonchev–Trinajstić information content (AvgIpc) is 2.25. The van der Waals surface area contributed by atoms with Gasteiger partial charge in [-0.1, -0.05) is 12.1 Å². The van der Waals surface area contributed by atoms with Gasteiger partial charge in [0, 0.05) is 6.42 Å². The highest BCUT2D eigenvalue weighted by Crippen LogP contribution is 2.22.